The van der Waals surface area contributed by atoms with E-state index in [2.05, 4.69) is 140 Å². The summed E-state index contributed by atoms with van der Waals surface area (Å²) in [6.07, 6.45) is 0. The first-order valence-corrected chi connectivity index (χ1v) is 14.8. The van der Waals surface area contributed by atoms with Gasteiger partial charge in [0.25, 0.3) is 0 Å². The van der Waals surface area contributed by atoms with Crippen molar-refractivity contribution in [2.45, 2.75) is 0 Å². The Kier molecular flexibility index (Phi) is 6.47. The summed E-state index contributed by atoms with van der Waals surface area (Å²) in [6, 6.07) is 57.0. The summed E-state index contributed by atoms with van der Waals surface area (Å²) in [5.41, 5.74) is 7.43. The summed E-state index contributed by atoms with van der Waals surface area (Å²) in [4.78, 5) is 15.3. The first-order chi connectivity index (χ1) is 21.8. The molecule has 0 atom stereocenters. The Morgan fingerprint density at radius 2 is 0.773 bits per heavy atom. The molecule has 3 nitrogen and oxygen atoms in total. The van der Waals surface area contributed by atoms with Crippen molar-refractivity contribution in [3.05, 3.63) is 164 Å². The quantitative estimate of drug-likeness (QED) is 0.210. The molecule has 3 heteroatoms. The zero-order valence-corrected chi connectivity index (χ0v) is 23.9. The van der Waals surface area contributed by atoms with E-state index in [1.165, 1.54) is 16.3 Å². The molecule has 0 aliphatic rings. The van der Waals surface area contributed by atoms with Gasteiger partial charge in [0.1, 0.15) is 0 Å². The van der Waals surface area contributed by atoms with Crippen LogP contribution in [0.1, 0.15) is 0 Å². The molecular formula is C41H27N3. The zero-order valence-electron chi connectivity index (χ0n) is 23.9. The topological polar surface area (TPSA) is 38.7 Å². The van der Waals surface area contributed by atoms with Crippen molar-refractivity contribution in [3.8, 4) is 56.4 Å². The van der Waals surface area contributed by atoms with Crippen LogP contribution in [0.3, 0.4) is 0 Å². The van der Waals surface area contributed by atoms with Gasteiger partial charge in [-0.15, -0.1) is 0 Å². The SMILES string of the molecule is c1ccc(-c2ccc(-c3nc(-c4ccccc4)nc(-c4c(-c5ccc6ccccc6c5)ccc5ccccc45)n3)cc2)cc1. The number of rotatable bonds is 5. The zero-order chi connectivity index (χ0) is 29.3. The van der Waals surface area contributed by atoms with Gasteiger partial charge in [0.05, 0.1) is 0 Å². The minimum absolute atomic E-state index is 0.644. The minimum atomic E-state index is 0.644. The molecule has 44 heavy (non-hydrogen) atoms. The van der Waals surface area contributed by atoms with Crippen LogP contribution in [0, 0.1) is 0 Å². The van der Waals surface area contributed by atoms with Gasteiger partial charge >= 0.3 is 0 Å². The highest BCUT2D eigenvalue weighted by Crippen LogP contribution is 2.39. The molecule has 0 aliphatic heterocycles. The highest BCUT2D eigenvalue weighted by Gasteiger charge is 2.18. The predicted molar refractivity (Wildman–Crippen MR) is 182 cm³/mol. The van der Waals surface area contributed by atoms with Crippen LogP contribution in [0.4, 0.5) is 0 Å². The van der Waals surface area contributed by atoms with Gasteiger partial charge in [0.15, 0.2) is 17.5 Å². The standard InChI is InChI=1S/C41H27N3/c1-3-11-28(12-4-1)30-19-22-33(23-20-30)40-42-39(32-15-5-2-6-16-32)43-41(44-40)38-36-18-10-9-14-31(36)25-26-37(38)35-24-21-29-13-7-8-17-34(29)27-35/h1-27H. The lowest BCUT2D eigenvalue weighted by molar-refractivity contribution is 1.08. The Morgan fingerprint density at radius 1 is 0.295 bits per heavy atom. The smallest absolute Gasteiger partial charge is 0.165 e. The molecule has 0 fully saturated rings. The summed E-state index contributed by atoms with van der Waals surface area (Å²) >= 11 is 0. The number of hydrogen-bond donors (Lipinski definition) is 0. The predicted octanol–water partition coefficient (Wildman–Crippen LogP) is 10.5. The van der Waals surface area contributed by atoms with E-state index in [4.69, 9.17) is 15.0 Å². The summed E-state index contributed by atoms with van der Waals surface area (Å²) in [5.74, 6) is 1.95. The van der Waals surface area contributed by atoms with E-state index < -0.39 is 0 Å². The Hall–Kier alpha value is -5.93. The highest BCUT2D eigenvalue weighted by molar-refractivity contribution is 6.04. The Bertz CT molecular complexity index is 2260. The fourth-order valence-electron chi connectivity index (χ4n) is 5.89. The lowest BCUT2D eigenvalue weighted by Gasteiger charge is -2.15. The van der Waals surface area contributed by atoms with Crippen molar-refractivity contribution >= 4 is 21.5 Å². The number of hydrogen-bond acceptors (Lipinski definition) is 3. The molecule has 0 saturated heterocycles. The lowest BCUT2D eigenvalue weighted by atomic mass is 9.92. The number of fused-ring (bicyclic) bond motifs is 2. The fraction of sp³-hybridized carbons (Fsp3) is 0. The van der Waals surface area contributed by atoms with Gasteiger partial charge in [-0.05, 0) is 49.9 Å². The van der Waals surface area contributed by atoms with Crippen LogP contribution in [0.5, 0.6) is 0 Å². The van der Waals surface area contributed by atoms with E-state index in [1.807, 2.05) is 24.3 Å². The molecule has 1 heterocycles. The lowest BCUT2D eigenvalue weighted by Crippen LogP contribution is -2.01. The molecule has 0 bridgehead atoms. The molecule has 0 unspecified atom stereocenters. The highest BCUT2D eigenvalue weighted by atomic mass is 15.0. The second kappa shape index (κ2) is 11.0. The minimum Gasteiger partial charge on any atom is -0.208 e. The van der Waals surface area contributed by atoms with Crippen molar-refractivity contribution in [2.24, 2.45) is 0 Å². The molecule has 8 rings (SSSR count). The summed E-state index contributed by atoms with van der Waals surface area (Å²) < 4.78 is 0. The fourth-order valence-corrected chi connectivity index (χ4v) is 5.89. The molecule has 0 saturated carbocycles. The number of aromatic nitrogens is 3. The summed E-state index contributed by atoms with van der Waals surface area (Å²) in [6.45, 7) is 0. The Balaban J connectivity index is 1.36. The first kappa shape index (κ1) is 25.8. The molecule has 0 aliphatic carbocycles. The number of nitrogens with zero attached hydrogens (tertiary/aromatic N) is 3. The van der Waals surface area contributed by atoms with Crippen LogP contribution in [0.25, 0.3) is 78.0 Å². The maximum absolute atomic E-state index is 5.18. The average Bonchev–Trinajstić information content (AvgIpc) is 3.11. The summed E-state index contributed by atoms with van der Waals surface area (Å²) in [7, 11) is 0. The third-order valence-electron chi connectivity index (χ3n) is 8.13. The van der Waals surface area contributed by atoms with Crippen molar-refractivity contribution in [1.82, 2.24) is 15.0 Å². The molecule has 0 amide bonds. The van der Waals surface area contributed by atoms with E-state index in [-0.39, 0.29) is 0 Å². The largest absolute Gasteiger partial charge is 0.208 e. The second-order valence-corrected chi connectivity index (χ2v) is 10.9. The van der Waals surface area contributed by atoms with Gasteiger partial charge in [-0.2, -0.15) is 0 Å². The van der Waals surface area contributed by atoms with E-state index in [9.17, 15) is 0 Å². The van der Waals surface area contributed by atoms with E-state index in [0.29, 0.717) is 17.5 Å². The van der Waals surface area contributed by atoms with Crippen LogP contribution >= 0.6 is 0 Å². The van der Waals surface area contributed by atoms with Crippen LogP contribution in [-0.4, -0.2) is 15.0 Å². The van der Waals surface area contributed by atoms with Gasteiger partial charge in [-0.25, -0.2) is 15.0 Å². The molecule has 1 aromatic heterocycles. The van der Waals surface area contributed by atoms with Crippen molar-refractivity contribution in [3.63, 3.8) is 0 Å². The molecule has 206 valence electrons. The molecule has 0 N–H and O–H groups in total. The van der Waals surface area contributed by atoms with E-state index >= 15 is 0 Å². The van der Waals surface area contributed by atoms with Gasteiger partial charge in [0, 0.05) is 16.7 Å². The monoisotopic (exact) mass is 561 g/mol. The van der Waals surface area contributed by atoms with Crippen LogP contribution in [0.2, 0.25) is 0 Å². The molecule has 0 radical (unpaired) electrons. The van der Waals surface area contributed by atoms with Gasteiger partial charge in [-0.3, -0.25) is 0 Å². The van der Waals surface area contributed by atoms with Gasteiger partial charge in [0.2, 0.25) is 0 Å². The van der Waals surface area contributed by atoms with Crippen molar-refractivity contribution < 1.29 is 0 Å². The van der Waals surface area contributed by atoms with Gasteiger partial charge in [-0.1, -0.05) is 158 Å². The van der Waals surface area contributed by atoms with E-state index in [0.717, 1.165) is 44.2 Å². The average molecular weight is 562 g/mol. The van der Waals surface area contributed by atoms with Crippen LogP contribution < -0.4 is 0 Å². The molecule has 8 aromatic rings. The number of benzene rings is 7. The Morgan fingerprint density at radius 3 is 1.50 bits per heavy atom. The van der Waals surface area contributed by atoms with Crippen molar-refractivity contribution in [1.29, 1.82) is 0 Å². The maximum atomic E-state index is 5.18. The third kappa shape index (κ3) is 4.81. The maximum Gasteiger partial charge on any atom is 0.165 e. The van der Waals surface area contributed by atoms with Crippen molar-refractivity contribution in [2.75, 3.05) is 0 Å². The normalized spacial score (nSPS) is 11.2. The van der Waals surface area contributed by atoms with E-state index in [1.54, 1.807) is 0 Å². The molecule has 0 spiro atoms. The first-order valence-electron chi connectivity index (χ1n) is 14.8. The molecular weight excluding hydrogens is 534 g/mol. The molecule has 7 aromatic carbocycles. The Labute approximate surface area is 256 Å². The van der Waals surface area contributed by atoms with Gasteiger partial charge < -0.3 is 0 Å². The second-order valence-electron chi connectivity index (χ2n) is 10.9. The summed E-state index contributed by atoms with van der Waals surface area (Å²) in [5, 5.41) is 4.66. The van der Waals surface area contributed by atoms with Crippen LogP contribution in [0.15, 0.2) is 164 Å². The van der Waals surface area contributed by atoms with Crippen LogP contribution in [-0.2, 0) is 0 Å². The third-order valence-corrected chi connectivity index (χ3v) is 8.13.